The third-order valence-corrected chi connectivity index (χ3v) is 4.08. The second-order valence-electron chi connectivity index (χ2n) is 6.26. The van der Waals surface area contributed by atoms with Crippen LogP contribution in [0.4, 0.5) is 11.5 Å². The van der Waals surface area contributed by atoms with Gasteiger partial charge in [0.25, 0.3) is 5.91 Å². The highest BCUT2D eigenvalue weighted by Gasteiger charge is 2.08. The second kappa shape index (κ2) is 9.41. The molecule has 0 unspecified atom stereocenters. The van der Waals surface area contributed by atoms with Crippen LogP contribution in [0.1, 0.15) is 11.1 Å². The summed E-state index contributed by atoms with van der Waals surface area (Å²) in [6.07, 6.45) is 1.69. The van der Waals surface area contributed by atoms with Gasteiger partial charge in [0.15, 0.2) is 18.1 Å². The van der Waals surface area contributed by atoms with E-state index in [0.717, 1.165) is 5.69 Å². The van der Waals surface area contributed by atoms with Gasteiger partial charge in [-0.05, 0) is 36.8 Å². The van der Waals surface area contributed by atoms with Crippen LogP contribution >= 0.6 is 0 Å². The lowest BCUT2D eigenvalue weighted by molar-refractivity contribution is -0.118. The minimum Gasteiger partial charge on any atom is -0.493 e. The summed E-state index contributed by atoms with van der Waals surface area (Å²) in [5.41, 5.74) is 3.31. The number of pyridine rings is 1. The van der Waals surface area contributed by atoms with Gasteiger partial charge in [-0.2, -0.15) is 0 Å². The molecule has 3 aromatic rings. The number of rotatable bonds is 8. The Morgan fingerprint density at radius 3 is 2.43 bits per heavy atom. The number of para-hydroxylation sites is 2. The first-order valence-corrected chi connectivity index (χ1v) is 8.95. The standard InChI is InChI=1S/C22H23N3O3/c1-16-7-9-17(10-8-16)13-23-18-11-12-21(24-14-18)25-22(26)15-28-20-6-4-3-5-19(20)27-2/h3-12,14,23H,13,15H2,1-2H3,(H,24,25,26). The van der Waals surface area contributed by atoms with Gasteiger partial charge in [-0.25, -0.2) is 4.98 Å². The van der Waals surface area contributed by atoms with Gasteiger partial charge in [0.05, 0.1) is 19.0 Å². The molecule has 2 aromatic carbocycles. The molecule has 0 aliphatic rings. The fraction of sp³-hybridized carbons (Fsp3) is 0.182. The molecule has 1 heterocycles. The van der Waals surface area contributed by atoms with Gasteiger partial charge in [0, 0.05) is 6.54 Å². The molecule has 0 aliphatic heterocycles. The van der Waals surface area contributed by atoms with Crippen LogP contribution in [0, 0.1) is 6.92 Å². The van der Waals surface area contributed by atoms with Crippen molar-refractivity contribution in [3.63, 3.8) is 0 Å². The van der Waals surface area contributed by atoms with E-state index in [1.165, 1.54) is 11.1 Å². The fourth-order valence-electron chi connectivity index (χ4n) is 2.54. The van der Waals surface area contributed by atoms with Gasteiger partial charge in [0.2, 0.25) is 0 Å². The Morgan fingerprint density at radius 1 is 1.00 bits per heavy atom. The minimum atomic E-state index is -0.293. The van der Waals surface area contributed by atoms with Crippen molar-refractivity contribution in [3.8, 4) is 11.5 Å². The summed E-state index contributed by atoms with van der Waals surface area (Å²) >= 11 is 0. The number of carbonyl (C=O) groups is 1. The number of methoxy groups -OCH3 is 1. The summed E-state index contributed by atoms with van der Waals surface area (Å²) in [5, 5.41) is 6.02. The molecule has 0 saturated carbocycles. The predicted octanol–water partition coefficient (Wildman–Crippen LogP) is 4.03. The summed E-state index contributed by atoms with van der Waals surface area (Å²) < 4.78 is 10.7. The van der Waals surface area contributed by atoms with E-state index in [1.807, 2.05) is 18.2 Å². The van der Waals surface area contributed by atoms with Crippen molar-refractivity contribution in [2.45, 2.75) is 13.5 Å². The number of ether oxygens (including phenoxy) is 2. The Balaban J connectivity index is 1.48. The third-order valence-electron chi connectivity index (χ3n) is 4.08. The SMILES string of the molecule is COc1ccccc1OCC(=O)Nc1ccc(NCc2ccc(C)cc2)cn1. The lowest BCUT2D eigenvalue weighted by atomic mass is 10.1. The molecule has 6 nitrogen and oxygen atoms in total. The summed E-state index contributed by atoms with van der Waals surface area (Å²) in [7, 11) is 1.56. The average Bonchev–Trinajstić information content (AvgIpc) is 2.73. The molecule has 144 valence electrons. The maximum atomic E-state index is 12.1. The maximum Gasteiger partial charge on any atom is 0.263 e. The Labute approximate surface area is 164 Å². The molecule has 0 saturated heterocycles. The van der Waals surface area contributed by atoms with Crippen molar-refractivity contribution < 1.29 is 14.3 Å². The van der Waals surface area contributed by atoms with Crippen LogP contribution < -0.4 is 20.1 Å². The molecule has 1 amide bonds. The first-order chi connectivity index (χ1) is 13.6. The van der Waals surface area contributed by atoms with Crippen LogP contribution in [0.25, 0.3) is 0 Å². The molecule has 0 bridgehead atoms. The number of hydrogen-bond acceptors (Lipinski definition) is 5. The summed E-state index contributed by atoms with van der Waals surface area (Å²) in [6.45, 7) is 2.64. The number of aromatic nitrogens is 1. The minimum absolute atomic E-state index is 0.129. The zero-order chi connectivity index (χ0) is 19.8. The van der Waals surface area contributed by atoms with Crippen LogP contribution in [0.5, 0.6) is 11.5 Å². The highest BCUT2D eigenvalue weighted by atomic mass is 16.5. The van der Waals surface area contributed by atoms with E-state index >= 15 is 0 Å². The van der Waals surface area contributed by atoms with E-state index in [2.05, 4.69) is 46.8 Å². The van der Waals surface area contributed by atoms with Gasteiger partial charge in [0.1, 0.15) is 5.82 Å². The molecule has 0 fully saturated rings. The Bertz CT molecular complexity index is 909. The van der Waals surface area contributed by atoms with Crippen molar-refractivity contribution in [1.82, 2.24) is 4.98 Å². The third kappa shape index (κ3) is 5.48. The molecule has 0 aliphatic carbocycles. The van der Waals surface area contributed by atoms with Crippen molar-refractivity contribution in [2.24, 2.45) is 0 Å². The highest BCUT2D eigenvalue weighted by molar-refractivity contribution is 5.91. The van der Waals surface area contributed by atoms with E-state index in [-0.39, 0.29) is 12.5 Å². The Kier molecular flexibility index (Phi) is 6.46. The summed E-state index contributed by atoms with van der Waals surface area (Å²) in [4.78, 5) is 16.3. The molecule has 0 atom stereocenters. The van der Waals surface area contributed by atoms with E-state index in [9.17, 15) is 4.79 Å². The maximum absolute atomic E-state index is 12.1. The Morgan fingerprint density at radius 2 is 1.75 bits per heavy atom. The van der Waals surface area contributed by atoms with Crippen LogP contribution in [0.2, 0.25) is 0 Å². The first kappa shape index (κ1) is 19.2. The molecule has 6 heteroatoms. The van der Waals surface area contributed by atoms with E-state index in [4.69, 9.17) is 9.47 Å². The summed E-state index contributed by atoms with van der Waals surface area (Å²) in [5.74, 6) is 1.27. The smallest absolute Gasteiger partial charge is 0.263 e. The average molecular weight is 377 g/mol. The van der Waals surface area contributed by atoms with Gasteiger partial charge >= 0.3 is 0 Å². The summed E-state index contributed by atoms with van der Waals surface area (Å²) in [6, 6.07) is 19.1. The number of benzene rings is 2. The second-order valence-corrected chi connectivity index (χ2v) is 6.26. The van der Waals surface area contributed by atoms with Crippen molar-refractivity contribution in [2.75, 3.05) is 24.4 Å². The van der Waals surface area contributed by atoms with Gasteiger partial charge in [-0.1, -0.05) is 42.0 Å². The number of nitrogens with zero attached hydrogens (tertiary/aromatic N) is 1. The number of carbonyl (C=O) groups excluding carboxylic acids is 1. The number of aryl methyl sites for hydroxylation is 1. The highest BCUT2D eigenvalue weighted by Crippen LogP contribution is 2.25. The number of anilines is 2. The number of hydrogen-bond donors (Lipinski definition) is 2. The van der Waals surface area contributed by atoms with Crippen molar-refractivity contribution >= 4 is 17.4 Å². The van der Waals surface area contributed by atoms with Gasteiger partial charge < -0.3 is 20.1 Å². The van der Waals surface area contributed by atoms with Crippen LogP contribution in [-0.4, -0.2) is 24.6 Å². The number of nitrogens with one attached hydrogen (secondary N) is 2. The topological polar surface area (TPSA) is 72.5 Å². The molecule has 2 N–H and O–H groups in total. The molecular formula is C22H23N3O3. The molecule has 28 heavy (non-hydrogen) atoms. The fourth-order valence-corrected chi connectivity index (χ4v) is 2.54. The van der Waals surface area contributed by atoms with E-state index in [0.29, 0.717) is 23.9 Å². The van der Waals surface area contributed by atoms with Gasteiger partial charge in [-0.3, -0.25) is 4.79 Å². The quantitative estimate of drug-likeness (QED) is 0.620. The Hall–Kier alpha value is -3.54. The monoisotopic (exact) mass is 377 g/mol. The zero-order valence-electron chi connectivity index (χ0n) is 15.9. The largest absolute Gasteiger partial charge is 0.493 e. The lowest BCUT2D eigenvalue weighted by Crippen LogP contribution is -2.20. The molecular weight excluding hydrogens is 354 g/mol. The normalized spacial score (nSPS) is 10.2. The van der Waals surface area contributed by atoms with Crippen LogP contribution in [0.3, 0.4) is 0 Å². The van der Waals surface area contributed by atoms with Gasteiger partial charge in [-0.15, -0.1) is 0 Å². The molecule has 3 rings (SSSR count). The molecule has 0 spiro atoms. The van der Waals surface area contributed by atoms with Crippen LogP contribution in [0.15, 0.2) is 66.9 Å². The zero-order valence-corrected chi connectivity index (χ0v) is 15.9. The lowest BCUT2D eigenvalue weighted by Gasteiger charge is -2.11. The van der Waals surface area contributed by atoms with E-state index < -0.39 is 0 Å². The number of amides is 1. The van der Waals surface area contributed by atoms with Crippen LogP contribution in [-0.2, 0) is 11.3 Å². The first-order valence-electron chi connectivity index (χ1n) is 8.95. The van der Waals surface area contributed by atoms with Crippen molar-refractivity contribution in [3.05, 3.63) is 78.0 Å². The molecule has 0 radical (unpaired) electrons. The van der Waals surface area contributed by atoms with E-state index in [1.54, 1.807) is 31.5 Å². The van der Waals surface area contributed by atoms with Crippen molar-refractivity contribution in [1.29, 1.82) is 0 Å². The predicted molar refractivity (Wildman–Crippen MR) is 110 cm³/mol. The molecule has 1 aromatic heterocycles.